The van der Waals surface area contributed by atoms with Gasteiger partial charge in [0.25, 0.3) is 0 Å². The molecule has 18 heavy (non-hydrogen) atoms. The third-order valence-corrected chi connectivity index (χ3v) is 5.80. The van der Waals surface area contributed by atoms with E-state index in [1.165, 1.54) is 19.3 Å². The molecule has 1 heterocycles. The molecule has 0 aliphatic heterocycles. The zero-order valence-electron chi connectivity index (χ0n) is 10.9. The van der Waals surface area contributed by atoms with Gasteiger partial charge in [-0.2, -0.15) is 0 Å². The summed E-state index contributed by atoms with van der Waals surface area (Å²) in [6, 6.07) is 0.421. The molecule has 98 valence electrons. The summed E-state index contributed by atoms with van der Waals surface area (Å²) in [5.41, 5.74) is 3.07. The van der Waals surface area contributed by atoms with Gasteiger partial charge >= 0.3 is 0 Å². The maximum atomic E-state index is 5.81. The van der Waals surface area contributed by atoms with E-state index < -0.39 is 0 Å². The summed E-state index contributed by atoms with van der Waals surface area (Å²) in [4.78, 5) is 4.43. The molecule has 4 nitrogen and oxygen atoms in total. The van der Waals surface area contributed by atoms with E-state index in [0.717, 1.165) is 41.8 Å². The van der Waals surface area contributed by atoms with Crippen molar-refractivity contribution in [2.75, 3.05) is 0 Å². The van der Waals surface area contributed by atoms with Crippen LogP contribution in [0.1, 0.15) is 25.1 Å². The fourth-order valence-electron chi connectivity index (χ4n) is 5.03. The first-order valence-corrected chi connectivity index (χ1v) is 7.22. The molecule has 1 aromatic heterocycles. The van der Waals surface area contributed by atoms with Crippen LogP contribution >= 0.6 is 0 Å². The predicted molar refractivity (Wildman–Crippen MR) is 69.3 cm³/mol. The minimum atomic E-state index is 0.421. The molecule has 3 aliphatic carbocycles. The average molecular weight is 246 g/mol. The van der Waals surface area contributed by atoms with Crippen LogP contribution < -0.4 is 11.3 Å². The molecule has 0 spiro atoms. The molecule has 3 saturated carbocycles. The standard InChI is InChI=1S/C14H22N4/c1-18-5-4-16-11(18)7-10(17-15)14-12-8-2-3-9(6-8)13(12)14/h4-5,8-10,12-14,17H,2-3,6-7,15H2,1H3. The van der Waals surface area contributed by atoms with Crippen molar-refractivity contribution in [3.63, 3.8) is 0 Å². The second-order valence-electron chi connectivity index (χ2n) is 6.50. The van der Waals surface area contributed by atoms with Gasteiger partial charge in [-0.05, 0) is 48.9 Å². The molecule has 5 unspecified atom stereocenters. The summed E-state index contributed by atoms with van der Waals surface area (Å²) in [6.45, 7) is 0. The van der Waals surface area contributed by atoms with Crippen LogP contribution in [0.4, 0.5) is 0 Å². The molecular formula is C14H22N4. The quantitative estimate of drug-likeness (QED) is 0.617. The van der Waals surface area contributed by atoms with Gasteiger partial charge < -0.3 is 4.57 Å². The highest BCUT2D eigenvalue weighted by atomic mass is 15.2. The number of fused-ring (bicyclic) bond motifs is 5. The van der Waals surface area contributed by atoms with Crippen molar-refractivity contribution < 1.29 is 0 Å². The highest BCUT2D eigenvalue weighted by molar-refractivity contribution is 5.16. The van der Waals surface area contributed by atoms with Gasteiger partial charge in [-0.25, -0.2) is 4.98 Å². The summed E-state index contributed by atoms with van der Waals surface area (Å²) in [5.74, 6) is 11.8. The van der Waals surface area contributed by atoms with Crippen LogP contribution in [0, 0.1) is 29.6 Å². The Kier molecular flexibility index (Phi) is 2.33. The molecule has 1 aromatic rings. The molecule has 4 heteroatoms. The van der Waals surface area contributed by atoms with Crippen LogP contribution in [0.3, 0.4) is 0 Å². The zero-order valence-corrected chi connectivity index (χ0v) is 10.9. The third-order valence-electron chi connectivity index (χ3n) is 5.80. The van der Waals surface area contributed by atoms with Gasteiger partial charge in [-0.3, -0.25) is 11.3 Å². The predicted octanol–water partition coefficient (Wildman–Crippen LogP) is 1.09. The zero-order chi connectivity index (χ0) is 12.3. The molecule has 2 bridgehead atoms. The van der Waals surface area contributed by atoms with Crippen molar-refractivity contribution in [1.29, 1.82) is 0 Å². The van der Waals surface area contributed by atoms with Gasteiger partial charge in [0.05, 0.1) is 0 Å². The summed E-state index contributed by atoms with van der Waals surface area (Å²) >= 11 is 0. The van der Waals surface area contributed by atoms with Crippen LogP contribution in [-0.4, -0.2) is 15.6 Å². The van der Waals surface area contributed by atoms with E-state index in [-0.39, 0.29) is 0 Å². The van der Waals surface area contributed by atoms with Crippen LogP contribution in [0.5, 0.6) is 0 Å². The van der Waals surface area contributed by atoms with E-state index in [1.807, 2.05) is 12.4 Å². The van der Waals surface area contributed by atoms with Crippen molar-refractivity contribution in [3.05, 3.63) is 18.2 Å². The number of aryl methyl sites for hydroxylation is 1. The van der Waals surface area contributed by atoms with Gasteiger partial charge in [0.1, 0.15) is 5.82 Å². The lowest BCUT2D eigenvalue weighted by Crippen LogP contribution is -2.40. The van der Waals surface area contributed by atoms with Crippen molar-refractivity contribution >= 4 is 0 Å². The third kappa shape index (κ3) is 1.42. The molecule has 0 radical (unpaired) electrons. The van der Waals surface area contributed by atoms with E-state index in [9.17, 15) is 0 Å². The van der Waals surface area contributed by atoms with Crippen LogP contribution in [-0.2, 0) is 13.5 Å². The summed E-state index contributed by atoms with van der Waals surface area (Å²) < 4.78 is 2.11. The van der Waals surface area contributed by atoms with Gasteiger partial charge in [0.15, 0.2) is 0 Å². The topological polar surface area (TPSA) is 55.9 Å². The number of rotatable bonds is 4. The molecule has 5 atom stereocenters. The van der Waals surface area contributed by atoms with E-state index in [1.54, 1.807) is 0 Å². The van der Waals surface area contributed by atoms with Crippen molar-refractivity contribution in [1.82, 2.24) is 15.0 Å². The maximum absolute atomic E-state index is 5.81. The summed E-state index contributed by atoms with van der Waals surface area (Å²) in [7, 11) is 2.06. The monoisotopic (exact) mass is 246 g/mol. The lowest BCUT2D eigenvalue weighted by atomic mass is 9.96. The Morgan fingerprint density at radius 3 is 2.72 bits per heavy atom. The number of aromatic nitrogens is 2. The van der Waals surface area contributed by atoms with Crippen molar-refractivity contribution in [3.8, 4) is 0 Å². The molecule has 0 aromatic carbocycles. The molecule has 0 saturated heterocycles. The fourth-order valence-corrected chi connectivity index (χ4v) is 5.03. The smallest absolute Gasteiger partial charge is 0.109 e. The lowest BCUT2D eigenvalue weighted by molar-refractivity contribution is 0.359. The van der Waals surface area contributed by atoms with E-state index in [0.29, 0.717) is 6.04 Å². The lowest BCUT2D eigenvalue weighted by Gasteiger charge is -2.19. The fraction of sp³-hybridized carbons (Fsp3) is 0.786. The molecule has 0 amide bonds. The Bertz CT molecular complexity index is 438. The largest absolute Gasteiger partial charge is 0.338 e. The van der Waals surface area contributed by atoms with Gasteiger partial charge in [-0.1, -0.05) is 0 Å². The Morgan fingerprint density at radius 1 is 1.44 bits per heavy atom. The van der Waals surface area contributed by atoms with Crippen molar-refractivity contribution in [2.24, 2.45) is 42.5 Å². The van der Waals surface area contributed by atoms with E-state index >= 15 is 0 Å². The molecule has 3 N–H and O–H groups in total. The number of hydrogen-bond acceptors (Lipinski definition) is 3. The number of nitrogens with one attached hydrogen (secondary N) is 1. The maximum Gasteiger partial charge on any atom is 0.109 e. The Hall–Kier alpha value is -0.870. The van der Waals surface area contributed by atoms with Crippen molar-refractivity contribution in [2.45, 2.75) is 31.7 Å². The highest BCUT2D eigenvalue weighted by Gasteiger charge is 2.66. The number of nitrogens with zero attached hydrogens (tertiary/aromatic N) is 2. The first-order valence-electron chi connectivity index (χ1n) is 7.22. The second-order valence-corrected chi connectivity index (χ2v) is 6.50. The molecule has 3 fully saturated rings. The Morgan fingerprint density at radius 2 is 2.17 bits per heavy atom. The Balaban J connectivity index is 1.49. The number of imidazole rings is 1. The summed E-state index contributed by atoms with van der Waals surface area (Å²) in [6.07, 6.45) is 9.31. The first kappa shape index (κ1) is 11.0. The van der Waals surface area contributed by atoms with Crippen LogP contribution in [0.15, 0.2) is 12.4 Å². The van der Waals surface area contributed by atoms with E-state index in [4.69, 9.17) is 5.84 Å². The normalized spacial score (nSPS) is 42.0. The number of nitrogens with two attached hydrogens (primary N) is 1. The average Bonchev–Trinajstić information content (AvgIpc) is 2.72. The van der Waals surface area contributed by atoms with E-state index in [2.05, 4.69) is 22.0 Å². The first-order chi connectivity index (χ1) is 8.79. The minimum Gasteiger partial charge on any atom is -0.338 e. The van der Waals surface area contributed by atoms with Gasteiger partial charge in [0, 0.05) is 31.9 Å². The highest BCUT2D eigenvalue weighted by Crippen LogP contribution is 2.70. The van der Waals surface area contributed by atoms with Crippen LogP contribution in [0.25, 0.3) is 0 Å². The molecular weight excluding hydrogens is 224 g/mol. The van der Waals surface area contributed by atoms with Gasteiger partial charge in [0.2, 0.25) is 0 Å². The SMILES string of the molecule is Cn1ccnc1CC(NN)C1C2C3CCC(C3)C21. The minimum absolute atomic E-state index is 0.421. The molecule has 3 aliphatic rings. The van der Waals surface area contributed by atoms with Gasteiger partial charge in [-0.15, -0.1) is 0 Å². The summed E-state index contributed by atoms with van der Waals surface area (Å²) in [5, 5.41) is 0. The molecule has 4 rings (SSSR count). The second kappa shape index (κ2) is 3.81. The Labute approximate surface area is 108 Å². The van der Waals surface area contributed by atoms with Crippen LogP contribution in [0.2, 0.25) is 0 Å². The number of hydrazine groups is 1. The number of hydrogen-bond donors (Lipinski definition) is 2.